The first kappa shape index (κ1) is 23.3. The number of likely N-dealkylation sites (tertiary alicyclic amines) is 1. The number of para-hydroxylation sites is 1. The number of guanidine groups is 1. The maximum absolute atomic E-state index is 5.29. The largest absolute Gasteiger partial charge is 0.497 e. The van der Waals surface area contributed by atoms with Crippen LogP contribution in [0.2, 0.25) is 0 Å². The van der Waals surface area contributed by atoms with E-state index in [1.54, 1.807) is 7.11 Å². The van der Waals surface area contributed by atoms with Crippen LogP contribution in [0.25, 0.3) is 10.9 Å². The molecule has 2 heterocycles. The summed E-state index contributed by atoms with van der Waals surface area (Å²) in [5, 5.41) is 4.67. The quantitative estimate of drug-likeness (QED) is 0.281. The molecule has 0 spiro atoms. The fraction of sp³-hybridized carbons (Fsp3) is 0.360. The van der Waals surface area contributed by atoms with Crippen molar-refractivity contribution in [3.05, 3.63) is 71.9 Å². The molecule has 164 valence electrons. The number of fused-ring (bicyclic) bond motifs is 1. The normalized spacial score (nSPS) is 16.3. The highest BCUT2D eigenvalue weighted by Crippen LogP contribution is 2.28. The summed E-state index contributed by atoms with van der Waals surface area (Å²) >= 11 is 0. The average molecular weight is 530 g/mol. The molecule has 0 saturated carbocycles. The van der Waals surface area contributed by atoms with E-state index < -0.39 is 0 Å². The monoisotopic (exact) mass is 530 g/mol. The van der Waals surface area contributed by atoms with Crippen LogP contribution in [-0.2, 0) is 6.42 Å². The predicted molar refractivity (Wildman–Crippen MR) is 139 cm³/mol. The van der Waals surface area contributed by atoms with Crippen molar-refractivity contribution in [3.8, 4) is 5.75 Å². The van der Waals surface area contributed by atoms with Crippen LogP contribution in [0, 0.1) is 0 Å². The molecule has 6 heteroatoms. The van der Waals surface area contributed by atoms with E-state index in [0.717, 1.165) is 56.2 Å². The van der Waals surface area contributed by atoms with Gasteiger partial charge in [-0.1, -0.05) is 36.4 Å². The zero-order valence-electron chi connectivity index (χ0n) is 18.3. The van der Waals surface area contributed by atoms with Gasteiger partial charge in [-0.3, -0.25) is 9.98 Å². The van der Waals surface area contributed by atoms with Crippen LogP contribution in [0.4, 0.5) is 0 Å². The summed E-state index contributed by atoms with van der Waals surface area (Å²) in [5.74, 6) is 2.45. The van der Waals surface area contributed by atoms with Crippen LogP contribution in [0.5, 0.6) is 5.75 Å². The number of ether oxygens (including phenoxy) is 1. The van der Waals surface area contributed by atoms with E-state index in [1.165, 1.54) is 16.5 Å². The lowest BCUT2D eigenvalue weighted by Crippen LogP contribution is -2.40. The van der Waals surface area contributed by atoms with Crippen molar-refractivity contribution in [3.63, 3.8) is 0 Å². The Hall–Kier alpha value is -2.35. The van der Waals surface area contributed by atoms with E-state index in [2.05, 4.69) is 70.7 Å². The van der Waals surface area contributed by atoms with Crippen molar-refractivity contribution in [2.75, 3.05) is 33.3 Å². The van der Waals surface area contributed by atoms with Gasteiger partial charge in [0, 0.05) is 43.7 Å². The molecule has 31 heavy (non-hydrogen) atoms. The number of nitrogens with one attached hydrogen (secondary N) is 1. The number of aromatic nitrogens is 1. The smallest absolute Gasteiger partial charge is 0.193 e. The van der Waals surface area contributed by atoms with Crippen molar-refractivity contribution < 1.29 is 4.74 Å². The Morgan fingerprint density at radius 1 is 1.16 bits per heavy atom. The number of hydrogen-bond acceptors (Lipinski definition) is 3. The van der Waals surface area contributed by atoms with E-state index >= 15 is 0 Å². The number of methoxy groups -OCH3 is 1. The van der Waals surface area contributed by atoms with Crippen LogP contribution in [0.15, 0.2) is 65.8 Å². The van der Waals surface area contributed by atoms with Crippen LogP contribution < -0.4 is 10.1 Å². The van der Waals surface area contributed by atoms with Gasteiger partial charge >= 0.3 is 0 Å². The Bertz CT molecular complexity index is 1000. The SMILES string of the molecule is CCNC(=NCCc1cccc2cccnc12)N1CCC(c2ccc(OC)cc2)C1.I. The van der Waals surface area contributed by atoms with Gasteiger partial charge in [-0.05, 0) is 49.1 Å². The first-order valence-electron chi connectivity index (χ1n) is 10.8. The van der Waals surface area contributed by atoms with Crippen LogP contribution in [-0.4, -0.2) is 49.1 Å². The lowest BCUT2D eigenvalue weighted by Gasteiger charge is -2.22. The van der Waals surface area contributed by atoms with E-state index in [4.69, 9.17) is 9.73 Å². The van der Waals surface area contributed by atoms with Crippen LogP contribution >= 0.6 is 24.0 Å². The molecule has 5 nitrogen and oxygen atoms in total. The van der Waals surface area contributed by atoms with E-state index in [1.807, 2.05) is 12.3 Å². The molecule has 1 unspecified atom stereocenters. The summed E-state index contributed by atoms with van der Waals surface area (Å²) in [6.45, 7) is 5.77. The molecule has 1 aromatic heterocycles. The van der Waals surface area contributed by atoms with E-state index in [-0.39, 0.29) is 24.0 Å². The van der Waals surface area contributed by atoms with Gasteiger partial charge < -0.3 is 15.0 Å². The highest BCUT2D eigenvalue weighted by atomic mass is 127. The van der Waals surface area contributed by atoms with Gasteiger partial charge in [0.1, 0.15) is 5.75 Å². The maximum Gasteiger partial charge on any atom is 0.193 e. The second-order valence-electron chi connectivity index (χ2n) is 7.68. The van der Waals surface area contributed by atoms with Crippen molar-refractivity contribution in [1.82, 2.24) is 15.2 Å². The number of rotatable bonds is 6. The summed E-state index contributed by atoms with van der Waals surface area (Å²) in [6.07, 6.45) is 3.89. The van der Waals surface area contributed by atoms with Gasteiger partial charge in [0.25, 0.3) is 0 Å². The lowest BCUT2D eigenvalue weighted by atomic mass is 9.98. The van der Waals surface area contributed by atoms with Crippen molar-refractivity contribution in [2.45, 2.75) is 25.7 Å². The molecule has 1 aliphatic rings. The van der Waals surface area contributed by atoms with Gasteiger partial charge in [0.15, 0.2) is 5.96 Å². The first-order chi connectivity index (χ1) is 14.8. The Morgan fingerprint density at radius 2 is 1.97 bits per heavy atom. The lowest BCUT2D eigenvalue weighted by molar-refractivity contribution is 0.414. The molecule has 0 radical (unpaired) electrons. The molecule has 0 bridgehead atoms. The average Bonchev–Trinajstić information content (AvgIpc) is 3.29. The third-order valence-corrected chi connectivity index (χ3v) is 5.77. The highest BCUT2D eigenvalue weighted by molar-refractivity contribution is 14.0. The Balaban J connectivity index is 0.00000272. The van der Waals surface area contributed by atoms with Gasteiger partial charge in [-0.25, -0.2) is 0 Å². The molecule has 4 rings (SSSR count). The highest BCUT2D eigenvalue weighted by Gasteiger charge is 2.26. The Labute approximate surface area is 201 Å². The summed E-state index contributed by atoms with van der Waals surface area (Å²) in [6, 6.07) is 19.0. The molecule has 2 aromatic carbocycles. The molecule has 1 fully saturated rings. The number of aliphatic imine (C=N–C) groups is 1. The number of halogens is 1. The Kier molecular flexibility index (Phi) is 8.51. The Morgan fingerprint density at radius 3 is 2.74 bits per heavy atom. The molecular formula is C25H31IN4O. The number of nitrogens with zero attached hydrogens (tertiary/aromatic N) is 3. The summed E-state index contributed by atoms with van der Waals surface area (Å²) in [5.41, 5.74) is 3.71. The predicted octanol–water partition coefficient (Wildman–Crippen LogP) is 4.86. The van der Waals surface area contributed by atoms with E-state index in [0.29, 0.717) is 5.92 Å². The maximum atomic E-state index is 5.29. The molecule has 0 aliphatic carbocycles. The topological polar surface area (TPSA) is 49.8 Å². The van der Waals surface area contributed by atoms with Crippen LogP contribution in [0.1, 0.15) is 30.4 Å². The van der Waals surface area contributed by atoms with Gasteiger partial charge in [0.2, 0.25) is 0 Å². The number of hydrogen-bond donors (Lipinski definition) is 1. The second-order valence-corrected chi connectivity index (χ2v) is 7.68. The third kappa shape index (κ3) is 5.67. The molecule has 1 N–H and O–H groups in total. The molecule has 1 atom stereocenters. The minimum atomic E-state index is 0. The van der Waals surface area contributed by atoms with Gasteiger partial charge in [-0.15, -0.1) is 24.0 Å². The number of pyridine rings is 1. The minimum Gasteiger partial charge on any atom is -0.497 e. The van der Waals surface area contributed by atoms with Gasteiger partial charge in [-0.2, -0.15) is 0 Å². The second kappa shape index (κ2) is 11.3. The molecular weight excluding hydrogens is 499 g/mol. The minimum absolute atomic E-state index is 0. The van der Waals surface area contributed by atoms with Crippen molar-refractivity contribution >= 4 is 40.8 Å². The number of benzene rings is 2. The molecule has 3 aromatic rings. The van der Waals surface area contributed by atoms with Crippen LogP contribution in [0.3, 0.4) is 0 Å². The molecule has 0 amide bonds. The summed E-state index contributed by atoms with van der Waals surface area (Å²) in [7, 11) is 1.71. The third-order valence-electron chi connectivity index (χ3n) is 5.77. The fourth-order valence-corrected chi connectivity index (χ4v) is 4.18. The summed E-state index contributed by atoms with van der Waals surface area (Å²) < 4.78 is 5.29. The summed E-state index contributed by atoms with van der Waals surface area (Å²) in [4.78, 5) is 11.9. The molecule has 1 aliphatic heterocycles. The van der Waals surface area contributed by atoms with E-state index in [9.17, 15) is 0 Å². The zero-order chi connectivity index (χ0) is 20.8. The molecule has 1 saturated heterocycles. The fourth-order valence-electron chi connectivity index (χ4n) is 4.18. The van der Waals surface area contributed by atoms with Gasteiger partial charge in [0.05, 0.1) is 12.6 Å². The van der Waals surface area contributed by atoms with Crippen molar-refractivity contribution in [1.29, 1.82) is 0 Å². The first-order valence-corrected chi connectivity index (χ1v) is 10.8. The standard InChI is InChI=1S/C25H30N4O.HI/c1-3-26-25(28-16-13-21-7-4-6-20-8-5-15-27-24(20)21)29-17-14-22(18-29)19-9-11-23(30-2)12-10-19;/h4-12,15,22H,3,13-14,16-18H2,1-2H3,(H,26,28);1H. The van der Waals surface area contributed by atoms with Crippen molar-refractivity contribution in [2.24, 2.45) is 4.99 Å². The zero-order valence-corrected chi connectivity index (χ0v) is 20.6.